The maximum atomic E-state index is 12.3. The van der Waals surface area contributed by atoms with Gasteiger partial charge in [0.1, 0.15) is 0 Å². The first-order chi connectivity index (χ1) is 12.0. The molecule has 1 aromatic carbocycles. The average Bonchev–Trinajstić information content (AvgIpc) is 3.22. The van der Waals surface area contributed by atoms with Gasteiger partial charge in [0, 0.05) is 37.7 Å². The van der Waals surface area contributed by atoms with Crippen LogP contribution in [-0.4, -0.2) is 42.5 Å². The molecule has 2 saturated heterocycles. The van der Waals surface area contributed by atoms with E-state index in [1.807, 2.05) is 0 Å². The zero-order valence-corrected chi connectivity index (χ0v) is 14.1. The van der Waals surface area contributed by atoms with Crippen LogP contribution in [0.15, 0.2) is 18.2 Å². The summed E-state index contributed by atoms with van der Waals surface area (Å²) in [4.78, 5) is 36.6. The van der Waals surface area contributed by atoms with Crippen molar-refractivity contribution in [2.75, 3.05) is 24.6 Å². The summed E-state index contributed by atoms with van der Waals surface area (Å²) in [5, 5.41) is 13.9. The van der Waals surface area contributed by atoms with Crippen molar-refractivity contribution >= 4 is 23.2 Å². The molecule has 2 fully saturated rings. The Kier molecular flexibility index (Phi) is 4.98. The Labute approximate surface area is 145 Å². The number of carbonyl (C=O) groups excluding carboxylic acids is 2. The quantitative estimate of drug-likeness (QED) is 0.643. The summed E-state index contributed by atoms with van der Waals surface area (Å²) in [6.45, 7) is 3.06. The van der Waals surface area contributed by atoms with Crippen LogP contribution in [0.1, 0.15) is 24.8 Å². The molecular weight excluding hydrogens is 326 g/mol. The lowest BCUT2D eigenvalue weighted by molar-refractivity contribution is -0.385. The van der Waals surface area contributed by atoms with Crippen LogP contribution < -0.4 is 10.2 Å². The van der Waals surface area contributed by atoms with E-state index < -0.39 is 10.8 Å². The van der Waals surface area contributed by atoms with E-state index in [-0.39, 0.29) is 36.6 Å². The van der Waals surface area contributed by atoms with Crippen LogP contribution in [0.2, 0.25) is 0 Å². The number of anilines is 1. The third-order valence-corrected chi connectivity index (χ3v) is 4.72. The Balaban J connectivity index is 1.64. The van der Waals surface area contributed by atoms with Gasteiger partial charge in [-0.05, 0) is 25.8 Å². The molecule has 2 atom stereocenters. The molecule has 2 heterocycles. The summed E-state index contributed by atoms with van der Waals surface area (Å²) < 4.78 is 5.47. The summed E-state index contributed by atoms with van der Waals surface area (Å²) in [5.74, 6) is -0.822. The van der Waals surface area contributed by atoms with Crippen LogP contribution in [-0.2, 0) is 14.3 Å². The van der Waals surface area contributed by atoms with Gasteiger partial charge < -0.3 is 15.0 Å². The molecule has 8 nitrogen and oxygen atoms in total. The molecule has 2 aliphatic rings. The fourth-order valence-electron chi connectivity index (χ4n) is 3.26. The first-order valence-corrected chi connectivity index (χ1v) is 8.40. The molecule has 2 aliphatic heterocycles. The minimum atomic E-state index is -0.467. The third-order valence-electron chi connectivity index (χ3n) is 4.72. The highest BCUT2D eigenvalue weighted by molar-refractivity contribution is 6.00. The molecule has 1 aromatic rings. The Bertz CT molecular complexity index is 700. The number of hydrogen-bond acceptors (Lipinski definition) is 5. The summed E-state index contributed by atoms with van der Waals surface area (Å²) >= 11 is 0. The maximum absolute atomic E-state index is 12.3. The molecule has 1 N–H and O–H groups in total. The first kappa shape index (κ1) is 17.3. The third kappa shape index (κ3) is 3.79. The van der Waals surface area contributed by atoms with Crippen LogP contribution in [0.25, 0.3) is 0 Å². The fraction of sp³-hybridized carbons (Fsp3) is 0.529. The monoisotopic (exact) mass is 347 g/mol. The Morgan fingerprint density at radius 1 is 1.48 bits per heavy atom. The van der Waals surface area contributed by atoms with Gasteiger partial charge in [-0.15, -0.1) is 0 Å². The van der Waals surface area contributed by atoms with E-state index >= 15 is 0 Å². The van der Waals surface area contributed by atoms with Crippen molar-refractivity contribution in [2.45, 2.75) is 32.3 Å². The molecule has 3 rings (SSSR count). The number of amides is 2. The number of nitrogens with zero attached hydrogens (tertiary/aromatic N) is 2. The highest BCUT2D eigenvalue weighted by Gasteiger charge is 2.36. The number of carbonyl (C=O) groups is 2. The highest BCUT2D eigenvalue weighted by atomic mass is 16.6. The van der Waals surface area contributed by atoms with Crippen molar-refractivity contribution in [2.24, 2.45) is 5.92 Å². The van der Waals surface area contributed by atoms with Gasteiger partial charge >= 0.3 is 0 Å². The number of aryl methyl sites for hydroxylation is 1. The van der Waals surface area contributed by atoms with Crippen molar-refractivity contribution < 1.29 is 19.2 Å². The highest BCUT2D eigenvalue weighted by Crippen LogP contribution is 2.30. The average molecular weight is 347 g/mol. The standard InChI is InChI=1S/C17H21N3O5/c1-11-4-5-13(8-15(11)20(23)24)19-10-12(7-16(19)21)17(22)18-9-14-3-2-6-25-14/h4-5,8,12,14H,2-3,6-7,9-10H2,1H3,(H,18,22)/t12-,14-/m0/s1. The minimum Gasteiger partial charge on any atom is -0.376 e. The summed E-state index contributed by atoms with van der Waals surface area (Å²) in [6, 6.07) is 4.68. The molecule has 0 radical (unpaired) electrons. The molecule has 0 spiro atoms. The summed E-state index contributed by atoms with van der Waals surface area (Å²) in [5.41, 5.74) is 0.958. The number of ether oxygens (including phenoxy) is 1. The van der Waals surface area contributed by atoms with E-state index in [2.05, 4.69) is 5.32 Å². The van der Waals surface area contributed by atoms with Crippen LogP contribution in [0.3, 0.4) is 0 Å². The van der Waals surface area contributed by atoms with E-state index in [1.54, 1.807) is 19.1 Å². The van der Waals surface area contributed by atoms with Crippen molar-refractivity contribution in [3.63, 3.8) is 0 Å². The topological polar surface area (TPSA) is 102 Å². The largest absolute Gasteiger partial charge is 0.376 e. The predicted octanol–water partition coefficient (Wildman–Crippen LogP) is 1.55. The van der Waals surface area contributed by atoms with E-state index in [1.165, 1.54) is 11.0 Å². The molecule has 2 amide bonds. The number of nitrogens with one attached hydrogen (secondary N) is 1. The lowest BCUT2D eigenvalue weighted by Gasteiger charge is -2.17. The number of benzene rings is 1. The molecule has 0 unspecified atom stereocenters. The van der Waals surface area contributed by atoms with Crippen LogP contribution >= 0.6 is 0 Å². The Morgan fingerprint density at radius 2 is 2.28 bits per heavy atom. The van der Waals surface area contributed by atoms with E-state index in [0.717, 1.165) is 19.4 Å². The normalized spacial score (nSPS) is 23.1. The molecule has 0 saturated carbocycles. The number of nitro groups is 1. The smallest absolute Gasteiger partial charge is 0.274 e. The number of rotatable bonds is 5. The molecule has 0 aliphatic carbocycles. The maximum Gasteiger partial charge on any atom is 0.274 e. The second-order valence-corrected chi connectivity index (χ2v) is 6.51. The zero-order valence-electron chi connectivity index (χ0n) is 14.1. The van der Waals surface area contributed by atoms with Gasteiger partial charge in [-0.2, -0.15) is 0 Å². The van der Waals surface area contributed by atoms with Gasteiger partial charge in [0.05, 0.1) is 22.6 Å². The molecular formula is C17H21N3O5. The molecule has 0 bridgehead atoms. The van der Waals surface area contributed by atoms with E-state index in [0.29, 0.717) is 17.8 Å². The Morgan fingerprint density at radius 3 is 2.96 bits per heavy atom. The van der Waals surface area contributed by atoms with Gasteiger partial charge in [-0.1, -0.05) is 6.07 Å². The van der Waals surface area contributed by atoms with E-state index in [4.69, 9.17) is 4.74 Å². The number of hydrogen-bond donors (Lipinski definition) is 1. The lowest BCUT2D eigenvalue weighted by atomic mass is 10.1. The van der Waals surface area contributed by atoms with Crippen LogP contribution in [0, 0.1) is 23.0 Å². The molecule has 8 heteroatoms. The van der Waals surface area contributed by atoms with Crippen LogP contribution in [0.4, 0.5) is 11.4 Å². The summed E-state index contributed by atoms with van der Waals surface area (Å²) in [7, 11) is 0. The SMILES string of the molecule is Cc1ccc(N2C[C@@H](C(=O)NC[C@@H]3CCCO3)CC2=O)cc1[N+](=O)[O-]. The minimum absolute atomic E-state index is 0.0309. The van der Waals surface area contributed by atoms with E-state index in [9.17, 15) is 19.7 Å². The first-order valence-electron chi connectivity index (χ1n) is 8.40. The van der Waals surface area contributed by atoms with Crippen molar-refractivity contribution in [3.8, 4) is 0 Å². The van der Waals surface area contributed by atoms with Crippen LogP contribution in [0.5, 0.6) is 0 Å². The van der Waals surface area contributed by atoms with Crippen molar-refractivity contribution in [1.29, 1.82) is 0 Å². The van der Waals surface area contributed by atoms with Gasteiger partial charge in [-0.25, -0.2) is 0 Å². The number of nitro benzene ring substituents is 1. The second kappa shape index (κ2) is 7.18. The van der Waals surface area contributed by atoms with Crippen molar-refractivity contribution in [3.05, 3.63) is 33.9 Å². The lowest BCUT2D eigenvalue weighted by Crippen LogP contribution is -2.37. The fourth-order valence-corrected chi connectivity index (χ4v) is 3.26. The van der Waals surface area contributed by atoms with Gasteiger partial charge in [0.2, 0.25) is 11.8 Å². The second-order valence-electron chi connectivity index (χ2n) is 6.51. The zero-order chi connectivity index (χ0) is 18.0. The van der Waals surface area contributed by atoms with Gasteiger partial charge in [-0.3, -0.25) is 19.7 Å². The van der Waals surface area contributed by atoms with Crippen molar-refractivity contribution in [1.82, 2.24) is 5.32 Å². The molecule has 134 valence electrons. The summed E-state index contributed by atoms with van der Waals surface area (Å²) in [6.07, 6.45) is 2.10. The molecule has 0 aromatic heterocycles. The molecule has 25 heavy (non-hydrogen) atoms. The van der Waals surface area contributed by atoms with Gasteiger partial charge in [0.25, 0.3) is 5.69 Å². The Hall–Kier alpha value is -2.48. The van der Waals surface area contributed by atoms with Gasteiger partial charge in [0.15, 0.2) is 0 Å². The predicted molar refractivity (Wildman–Crippen MR) is 90.3 cm³/mol.